The Kier molecular flexibility index (Phi) is 4.11. The van der Waals surface area contributed by atoms with E-state index in [1.54, 1.807) is 0 Å². The van der Waals surface area contributed by atoms with Crippen LogP contribution in [0.5, 0.6) is 11.5 Å². The molecule has 21 heavy (non-hydrogen) atoms. The Bertz CT molecular complexity index is 607. The highest BCUT2D eigenvalue weighted by molar-refractivity contribution is 5.46. The van der Waals surface area contributed by atoms with Crippen LogP contribution in [0.1, 0.15) is 29.2 Å². The van der Waals surface area contributed by atoms with Crippen molar-refractivity contribution in [2.75, 3.05) is 20.3 Å². The van der Waals surface area contributed by atoms with Gasteiger partial charge in [0, 0.05) is 6.42 Å². The molecule has 3 heteroatoms. The zero-order valence-corrected chi connectivity index (χ0v) is 12.6. The molecule has 0 fully saturated rings. The molecule has 3 rings (SSSR count). The Labute approximate surface area is 125 Å². The predicted molar refractivity (Wildman–Crippen MR) is 84.1 cm³/mol. The number of fused-ring (bicyclic) bond motifs is 1. The van der Waals surface area contributed by atoms with E-state index in [9.17, 15) is 0 Å². The summed E-state index contributed by atoms with van der Waals surface area (Å²) < 4.78 is 11.5. The lowest BCUT2D eigenvalue weighted by molar-refractivity contribution is 0.297. The number of ether oxygens (including phenoxy) is 2. The number of rotatable bonds is 3. The fourth-order valence-electron chi connectivity index (χ4n) is 2.64. The van der Waals surface area contributed by atoms with E-state index < -0.39 is 0 Å². The first-order valence-electron chi connectivity index (χ1n) is 7.41. The van der Waals surface area contributed by atoms with E-state index in [4.69, 9.17) is 9.47 Å². The van der Waals surface area contributed by atoms with Crippen LogP contribution < -0.4 is 14.8 Å². The predicted octanol–water partition coefficient (Wildman–Crippen LogP) is 3.47. The zero-order valence-electron chi connectivity index (χ0n) is 12.6. The molecule has 0 spiro atoms. The monoisotopic (exact) mass is 283 g/mol. The largest absolute Gasteiger partial charge is 0.490 e. The molecule has 0 radical (unpaired) electrons. The minimum absolute atomic E-state index is 0.155. The van der Waals surface area contributed by atoms with Crippen LogP contribution in [0.3, 0.4) is 0 Å². The Morgan fingerprint density at radius 1 is 0.905 bits per heavy atom. The lowest BCUT2D eigenvalue weighted by Crippen LogP contribution is -2.17. The number of hydrogen-bond donors (Lipinski definition) is 1. The third-order valence-electron chi connectivity index (χ3n) is 3.80. The third-order valence-corrected chi connectivity index (χ3v) is 3.80. The van der Waals surface area contributed by atoms with Crippen LogP contribution in [-0.2, 0) is 0 Å². The van der Waals surface area contributed by atoms with Crippen LogP contribution in [-0.4, -0.2) is 20.3 Å². The van der Waals surface area contributed by atoms with E-state index in [1.165, 1.54) is 16.7 Å². The van der Waals surface area contributed by atoms with Crippen LogP contribution in [0.15, 0.2) is 42.5 Å². The summed E-state index contributed by atoms with van der Waals surface area (Å²) in [6.07, 6.45) is 0.928. The van der Waals surface area contributed by atoms with E-state index in [2.05, 4.69) is 48.6 Å². The number of nitrogens with one attached hydrogen (secondary N) is 1. The highest BCUT2D eigenvalue weighted by Gasteiger charge is 2.16. The third kappa shape index (κ3) is 3.03. The molecule has 0 bridgehead atoms. The number of benzene rings is 2. The molecule has 1 unspecified atom stereocenters. The molecule has 1 aliphatic heterocycles. The SMILES string of the molecule is CNC(c1ccc(C)cc1)c1ccc2c(c1)OCCCO2. The first-order chi connectivity index (χ1) is 10.3. The second kappa shape index (κ2) is 6.19. The maximum Gasteiger partial charge on any atom is 0.161 e. The Morgan fingerprint density at radius 2 is 1.57 bits per heavy atom. The zero-order chi connectivity index (χ0) is 14.7. The van der Waals surface area contributed by atoms with E-state index in [0.717, 1.165) is 24.5 Å². The summed E-state index contributed by atoms with van der Waals surface area (Å²) in [4.78, 5) is 0. The molecule has 1 aliphatic rings. The van der Waals surface area contributed by atoms with E-state index >= 15 is 0 Å². The summed E-state index contributed by atoms with van der Waals surface area (Å²) >= 11 is 0. The van der Waals surface area contributed by atoms with E-state index in [0.29, 0.717) is 6.61 Å². The van der Waals surface area contributed by atoms with Gasteiger partial charge in [0.15, 0.2) is 11.5 Å². The smallest absolute Gasteiger partial charge is 0.161 e. The molecular formula is C18H21NO2. The van der Waals surface area contributed by atoms with Gasteiger partial charge in [-0.2, -0.15) is 0 Å². The van der Waals surface area contributed by atoms with Gasteiger partial charge in [-0.15, -0.1) is 0 Å². The normalized spacial score (nSPS) is 15.3. The average Bonchev–Trinajstić information content (AvgIpc) is 2.75. The number of aryl methyl sites for hydroxylation is 1. The topological polar surface area (TPSA) is 30.5 Å². The van der Waals surface area contributed by atoms with Crippen molar-refractivity contribution in [2.45, 2.75) is 19.4 Å². The van der Waals surface area contributed by atoms with Gasteiger partial charge in [-0.25, -0.2) is 0 Å². The Balaban J connectivity index is 1.93. The molecule has 0 aliphatic carbocycles. The molecule has 0 saturated heterocycles. The molecule has 1 heterocycles. The molecule has 2 aromatic rings. The molecular weight excluding hydrogens is 262 g/mol. The first kappa shape index (κ1) is 14.0. The maximum atomic E-state index is 5.79. The van der Waals surface area contributed by atoms with Crippen molar-refractivity contribution in [1.82, 2.24) is 5.32 Å². The van der Waals surface area contributed by atoms with Crippen molar-refractivity contribution < 1.29 is 9.47 Å². The Hall–Kier alpha value is -2.00. The first-order valence-corrected chi connectivity index (χ1v) is 7.41. The molecule has 2 aromatic carbocycles. The second-order valence-corrected chi connectivity index (χ2v) is 5.39. The average molecular weight is 283 g/mol. The highest BCUT2D eigenvalue weighted by Crippen LogP contribution is 2.34. The molecule has 0 saturated carbocycles. The molecule has 3 nitrogen and oxygen atoms in total. The standard InChI is InChI=1S/C18H21NO2/c1-13-4-6-14(7-5-13)18(19-2)15-8-9-16-17(12-15)21-11-3-10-20-16/h4-9,12,18-19H,3,10-11H2,1-2H3. The summed E-state index contributed by atoms with van der Waals surface area (Å²) in [5.74, 6) is 1.69. The van der Waals surface area contributed by atoms with Gasteiger partial charge in [0.2, 0.25) is 0 Å². The van der Waals surface area contributed by atoms with Gasteiger partial charge in [0.05, 0.1) is 19.3 Å². The van der Waals surface area contributed by atoms with Crippen LogP contribution in [0.4, 0.5) is 0 Å². The summed E-state index contributed by atoms with van der Waals surface area (Å²) in [6, 6.07) is 15.0. The van der Waals surface area contributed by atoms with Crippen molar-refractivity contribution in [3.8, 4) is 11.5 Å². The molecule has 1 atom stereocenters. The fourth-order valence-corrected chi connectivity index (χ4v) is 2.64. The van der Waals surface area contributed by atoms with Gasteiger partial charge in [-0.05, 0) is 37.2 Å². The van der Waals surface area contributed by atoms with Gasteiger partial charge in [0.25, 0.3) is 0 Å². The summed E-state index contributed by atoms with van der Waals surface area (Å²) in [5, 5.41) is 3.38. The minimum Gasteiger partial charge on any atom is -0.490 e. The molecule has 0 aromatic heterocycles. The number of hydrogen-bond acceptors (Lipinski definition) is 3. The van der Waals surface area contributed by atoms with Crippen LogP contribution in [0.2, 0.25) is 0 Å². The van der Waals surface area contributed by atoms with Crippen LogP contribution >= 0.6 is 0 Å². The molecule has 0 amide bonds. The van der Waals surface area contributed by atoms with Gasteiger partial charge in [-0.3, -0.25) is 0 Å². The van der Waals surface area contributed by atoms with Gasteiger partial charge >= 0.3 is 0 Å². The molecule has 110 valence electrons. The van der Waals surface area contributed by atoms with Crippen molar-refractivity contribution in [3.05, 3.63) is 59.2 Å². The van der Waals surface area contributed by atoms with Crippen molar-refractivity contribution in [1.29, 1.82) is 0 Å². The second-order valence-electron chi connectivity index (χ2n) is 5.39. The highest BCUT2D eigenvalue weighted by atomic mass is 16.5. The van der Waals surface area contributed by atoms with E-state index in [1.807, 2.05) is 13.1 Å². The van der Waals surface area contributed by atoms with Gasteiger partial charge in [-0.1, -0.05) is 35.9 Å². The summed E-state index contributed by atoms with van der Waals surface area (Å²) in [5.41, 5.74) is 3.70. The van der Waals surface area contributed by atoms with Crippen molar-refractivity contribution in [2.24, 2.45) is 0 Å². The van der Waals surface area contributed by atoms with Crippen LogP contribution in [0, 0.1) is 6.92 Å². The van der Waals surface area contributed by atoms with Crippen LogP contribution in [0.25, 0.3) is 0 Å². The lowest BCUT2D eigenvalue weighted by atomic mass is 9.97. The minimum atomic E-state index is 0.155. The summed E-state index contributed by atoms with van der Waals surface area (Å²) in [6.45, 7) is 3.54. The maximum absolute atomic E-state index is 5.79. The van der Waals surface area contributed by atoms with Gasteiger partial charge in [0.1, 0.15) is 0 Å². The quantitative estimate of drug-likeness (QED) is 0.935. The summed E-state index contributed by atoms with van der Waals surface area (Å²) in [7, 11) is 1.98. The lowest BCUT2D eigenvalue weighted by Gasteiger charge is -2.19. The van der Waals surface area contributed by atoms with E-state index in [-0.39, 0.29) is 6.04 Å². The molecule has 1 N–H and O–H groups in total. The van der Waals surface area contributed by atoms with Gasteiger partial charge < -0.3 is 14.8 Å². The Morgan fingerprint density at radius 3 is 2.29 bits per heavy atom. The van der Waals surface area contributed by atoms with Crippen molar-refractivity contribution in [3.63, 3.8) is 0 Å². The van der Waals surface area contributed by atoms with Crippen molar-refractivity contribution >= 4 is 0 Å². The fraction of sp³-hybridized carbons (Fsp3) is 0.333.